The lowest BCUT2D eigenvalue weighted by Gasteiger charge is -2.15. The van der Waals surface area contributed by atoms with Crippen molar-refractivity contribution < 1.29 is 4.79 Å². The van der Waals surface area contributed by atoms with Gasteiger partial charge in [-0.15, -0.1) is 0 Å². The van der Waals surface area contributed by atoms with Crippen LogP contribution >= 0.6 is 0 Å². The van der Waals surface area contributed by atoms with Crippen molar-refractivity contribution in [2.24, 2.45) is 0 Å². The number of fused-ring (bicyclic) bond motifs is 1. The summed E-state index contributed by atoms with van der Waals surface area (Å²) in [5.74, 6) is 0. The van der Waals surface area contributed by atoms with Crippen LogP contribution in [0.1, 0.15) is 24.1 Å². The molecule has 1 atom stereocenters. The molecular weight excluding hydrogens is 292 g/mol. The molecule has 0 saturated carbocycles. The lowest BCUT2D eigenvalue weighted by Crippen LogP contribution is -2.31. The van der Waals surface area contributed by atoms with Gasteiger partial charge in [0, 0.05) is 5.69 Å². The van der Waals surface area contributed by atoms with Crippen LogP contribution in [0, 0.1) is 6.92 Å². The molecule has 0 aliphatic rings. The maximum Gasteiger partial charge on any atom is 0.323 e. The molecule has 1 heterocycles. The van der Waals surface area contributed by atoms with Gasteiger partial charge >= 0.3 is 11.7 Å². The number of amides is 2. The number of aryl methyl sites for hydroxylation is 1. The SMILES string of the molecule is Cc1ccc(NC(=O)N[C@H](C)c2ccc3[nH]c(=O)[nH]c3c2)cc1. The average molecular weight is 310 g/mol. The molecule has 0 saturated heterocycles. The highest BCUT2D eigenvalue weighted by Crippen LogP contribution is 2.17. The van der Waals surface area contributed by atoms with Gasteiger partial charge in [0.1, 0.15) is 0 Å². The van der Waals surface area contributed by atoms with E-state index in [1.54, 1.807) is 0 Å². The van der Waals surface area contributed by atoms with E-state index >= 15 is 0 Å². The third-order valence-electron chi connectivity index (χ3n) is 3.70. The lowest BCUT2D eigenvalue weighted by atomic mass is 10.1. The Bertz CT molecular complexity index is 893. The second-order valence-electron chi connectivity index (χ2n) is 5.57. The van der Waals surface area contributed by atoms with Crippen LogP contribution in [-0.4, -0.2) is 16.0 Å². The van der Waals surface area contributed by atoms with E-state index in [1.807, 2.05) is 56.3 Å². The van der Waals surface area contributed by atoms with Crippen LogP contribution in [0.3, 0.4) is 0 Å². The number of hydrogen-bond acceptors (Lipinski definition) is 2. The number of imidazole rings is 1. The van der Waals surface area contributed by atoms with Crippen LogP contribution in [0.5, 0.6) is 0 Å². The van der Waals surface area contributed by atoms with Gasteiger partial charge in [-0.3, -0.25) is 0 Å². The minimum Gasteiger partial charge on any atom is -0.331 e. The van der Waals surface area contributed by atoms with Gasteiger partial charge in [-0.1, -0.05) is 23.8 Å². The standard InChI is InChI=1S/C17H18N4O2/c1-10-3-6-13(7-4-10)19-16(22)18-11(2)12-5-8-14-15(9-12)21-17(23)20-14/h3-9,11H,1-2H3,(H2,18,19,22)(H2,20,21,23)/t11-/m1/s1. The van der Waals surface area contributed by atoms with Crippen molar-refractivity contribution in [3.63, 3.8) is 0 Å². The zero-order chi connectivity index (χ0) is 16.4. The normalized spacial score (nSPS) is 12.1. The quantitative estimate of drug-likeness (QED) is 0.599. The van der Waals surface area contributed by atoms with E-state index in [0.717, 1.165) is 27.8 Å². The number of aromatic nitrogens is 2. The molecule has 0 radical (unpaired) electrons. The van der Waals surface area contributed by atoms with Crippen molar-refractivity contribution in [1.82, 2.24) is 15.3 Å². The molecule has 6 heteroatoms. The number of carbonyl (C=O) groups is 1. The Labute approximate surface area is 132 Å². The highest BCUT2D eigenvalue weighted by Gasteiger charge is 2.11. The molecule has 3 aromatic rings. The fourth-order valence-corrected chi connectivity index (χ4v) is 2.40. The van der Waals surface area contributed by atoms with Crippen molar-refractivity contribution in [2.45, 2.75) is 19.9 Å². The predicted octanol–water partition coefficient (Wildman–Crippen LogP) is 3.05. The van der Waals surface area contributed by atoms with Crippen molar-refractivity contribution in [3.8, 4) is 0 Å². The molecule has 2 aromatic carbocycles. The molecule has 0 bridgehead atoms. The van der Waals surface area contributed by atoms with E-state index in [1.165, 1.54) is 0 Å². The summed E-state index contributed by atoms with van der Waals surface area (Å²) in [7, 11) is 0. The Morgan fingerprint density at radius 2 is 1.74 bits per heavy atom. The number of nitrogens with one attached hydrogen (secondary N) is 4. The van der Waals surface area contributed by atoms with Crippen LogP contribution in [-0.2, 0) is 0 Å². The smallest absolute Gasteiger partial charge is 0.323 e. The van der Waals surface area contributed by atoms with E-state index in [-0.39, 0.29) is 17.8 Å². The zero-order valence-electron chi connectivity index (χ0n) is 12.9. The van der Waals surface area contributed by atoms with Gasteiger partial charge in [-0.2, -0.15) is 0 Å². The fourth-order valence-electron chi connectivity index (χ4n) is 2.40. The number of hydrogen-bond donors (Lipinski definition) is 4. The summed E-state index contributed by atoms with van der Waals surface area (Å²) < 4.78 is 0. The first kappa shape index (κ1) is 14.9. The molecule has 0 spiro atoms. The average Bonchev–Trinajstić information content (AvgIpc) is 2.88. The number of carbonyl (C=O) groups excluding carboxylic acids is 1. The maximum atomic E-state index is 12.1. The van der Waals surface area contributed by atoms with Gasteiger partial charge in [0.2, 0.25) is 0 Å². The Morgan fingerprint density at radius 3 is 2.48 bits per heavy atom. The molecule has 118 valence electrons. The van der Waals surface area contributed by atoms with E-state index in [2.05, 4.69) is 20.6 Å². The summed E-state index contributed by atoms with van der Waals surface area (Å²) >= 11 is 0. The molecule has 0 aliphatic carbocycles. The van der Waals surface area contributed by atoms with E-state index in [0.29, 0.717) is 0 Å². The highest BCUT2D eigenvalue weighted by molar-refractivity contribution is 5.89. The molecule has 23 heavy (non-hydrogen) atoms. The van der Waals surface area contributed by atoms with Crippen LogP contribution in [0.4, 0.5) is 10.5 Å². The van der Waals surface area contributed by atoms with E-state index in [4.69, 9.17) is 0 Å². The number of rotatable bonds is 3. The van der Waals surface area contributed by atoms with Gasteiger partial charge in [-0.05, 0) is 43.7 Å². The summed E-state index contributed by atoms with van der Waals surface area (Å²) in [6.07, 6.45) is 0. The summed E-state index contributed by atoms with van der Waals surface area (Å²) in [6, 6.07) is 12.7. The van der Waals surface area contributed by atoms with E-state index < -0.39 is 0 Å². The predicted molar refractivity (Wildman–Crippen MR) is 90.7 cm³/mol. The second kappa shape index (κ2) is 6.00. The van der Waals surface area contributed by atoms with Gasteiger partial charge in [0.15, 0.2) is 0 Å². The zero-order valence-corrected chi connectivity index (χ0v) is 12.9. The van der Waals surface area contributed by atoms with Crippen LogP contribution < -0.4 is 16.3 Å². The molecule has 4 N–H and O–H groups in total. The maximum absolute atomic E-state index is 12.1. The molecule has 1 aromatic heterocycles. The molecule has 3 rings (SSSR count). The first-order valence-corrected chi connectivity index (χ1v) is 7.37. The number of H-pyrrole nitrogens is 2. The summed E-state index contributed by atoms with van der Waals surface area (Å²) in [5, 5.41) is 5.68. The van der Waals surface area contributed by atoms with Crippen molar-refractivity contribution in [1.29, 1.82) is 0 Å². The number of benzene rings is 2. The first-order chi connectivity index (χ1) is 11.0. The largest absolute Gasteiger partial charge is 0.331 e. The van der Waals surface area contributed by atoms with E-state index in [9.17, 15) is 9.59 Å². The highest BCUT2D eigenvalue weighted by atomic mass is 16.2. The third kappa shape index (κ3) is 3.42. The number of aromatic amines is 2. The fraction of sp³-hybridized carbons (Fsp3) is 0.176. The summed E-state index contributed by atoms with van der Waals surface area (Å²) in [6.45, 7) is 3.88. The summed E-state index contributed by atoms with van der Waals surface area (Å²) in [5.41, 5.74) is 4.01. The van der Waals surface area contributed by atoms with Gasteiger partial charge < -0.3 is 20.6 Å². The summed E-state index contributed by atoms with van der Waals surface area (Å²) in [4.78, 5) is 28.8. The number of anilines is 1. The molecule has 2 amide bonds. The van der Waals surface area contributed by atoms with Crippen molar-refractivity contribution in [2.75, 3.05) is 5.32 Å². The third-order valence-corrected chi connectivity index (χ3v) is 3.70. The second-order valence-corrected chi connectivity index (χ2v) is 5.57. The minimum atomic E-state index is -0.274. The van der Waals surface area contributed by atoms with Gasteiger partial charge in [0.05, 0.1) is 17.1 Å². The Hall–Kier alpha value is -3.02. The van der Waals surface area contributed by atoms with Gasteiger partial charge in [-0.25, -0.2) is 9.59 Å². The number of urea groups is 1. The minimum absolute atomic E-state index is 0.191. The van der Waals surface area contributed by atoms with Gasteiger partial charge in [0.25, 0.3) is 0 Å². The molecule has 0 fully saturated rings. The lowest BCUT2D eigenvalue weighted by molar-refractivity contribution is 0.249. The van der Waals surface area contributed by atoms with Crippen LogP contribution in [0.15, 0.2) is 47.3 Å². The first-order valence-electron chi connectivity index (χ1n) is 7.37. The molecule has 6 nitrogen and oxygen atoms in total. The van der Waals surface area contributed by atoms with Crippen LogP contribution in [0.2, 0.25) is 0 Å². The molecular formula is C17H18N4O2. The molecule has 0 unspecified atom stereocenters. The molecule has 0 aliphatic heterocycles. The Balaban J connectivity index is 1.69. The Morgan fingerprint density at radius 1 is 1.04 bits per heavy atom. The van der Waals surface area contributed by atoms with Crippen LogP contribution in [0.25, 0.3) is 11.0 Å². The van der Waals surface area contributed by atoms with Crippen molar-refractivity contribution in [3.05, 3.63) is 64.1 Å². The van der Waals surface area contributed by atoms with Crippen molar-refractivity contribution >= 4 is 22.8 Å². The Kier molecular flexibility index (Phi) is 3.89. The monoisotopic (exact) mass is 310 g/mol. The topological polar surface area (TPSA) is 89.8 Å².